The smallest absolute Gasteiger partial charge is 0.0791 e. The van der Waals surface area contributed by atoms with E-state index in [2.05, 4.69) is 52.4 Å². The van der Waals surface area contributed by atoms with E-state index in [4.69, 9.17) is 0 Å². The molecule has 1 aromatic rings. The van der Waals surface area contributed by atoms with Gasteiger partial charge in [0.2, 0.25) is 0 Å². The Kier molecular flexibility index (Phi) is 6.86. The van der Waals surface area contributed by atoms with Crippen molar-refractivity contribution in [1.29, 1.82) is 0 Å². The molecule has 1 rings (SSSR count). The molecule has 0 saturated carbocycles. The summed E-state index contributed by atoms with van der Waals surface area (Å²) in [6.45, 7) is 3.45. The van der Waals surface area contributed by atoms with E-state index in [9.17, 15) is 5.11 Å². The van der Waals surface area contributed by atoms with Gasteiger partial charge in [0.05, 0.1) is 6.10 Å². The highest BCUT2D eigenvalue weighted by molar-refractivity contribution is 9.10. The first-order valence-electron chi connectivity index (χ1n) is 6.34. The first-order chi connectivity index (χ1) is 8.52. The third kappa shape index (κ3) is 5.48. The van der Waals surface area contributed by atoms with Gasteiger partial charge in [-0.3, -0.25) is 0 Å². The molecular formula is C14H23BrN2O. The van der Waals surface area contributed by atoms with Crippen LogP contribution in [0.25, 0.3) is 0 Å². The van der Waals surface area contributed by atoms with E-state index >= 15 is 0 Å². The van der Waals surface area contributed by atoms with Crippen LogP contribution in [0.2, 0.25) is 0 Å². The van der Waals surface area contributed by atoms with E-state index in [0.717, 1.165) is 10.9 Å². The maximum atomic E-state index is 9.84. The van der Waals surface area contributed by atoms with Gasteiger partial charge in [0, 0.05) is 23.6 Å². The Morgan fingerprint density at radius 3 is 2.39 bits per heavy atom. The fraction of sp³-hybridized carbons (Fsp3) is 0.571. The normalized spacial score (nSPS) is 14.8. The average molecular weight is 315 g/mol. The zero-order valence-corrected chi connectivity index (χ0v) is 12.9. The van der Waals surface area contributed by atoms with Crippen molar-refractivity contribution < 1.29 is 5.11 Å². The predicted molar refractivity (Wildman–Crippen MR) is 79.7 cm³/mol. The van der Waals surface area contributed by atoms with Gasteiger partial charge in [-0.2, -0.15) is 0 Å². The maximum Gasteiger partial charge on any atom is 0.0791 e. The second kappa shape index (κ2) is 7.89. The van der Waals surface area contributed by atoms with Crippen molar-refractivity contribution in [3.63, 3.8) is 0 Å². The fourth-order valence-corrected chi connectivity index (χ4v) is 2.22. The molecule has 2 unspecified atom stereocenters. The zero-order valence-electron chi connectivity index (χ0n) is 11.4. The van der Waals surface area contributed by atoms with Crippen molar-refractivity contribution in [3.05, 3.63) is 34.3 Å². The van der Waals surface area contributed by atoms with E-state index in [1.807, 2.05) is 19.0 Å². The van der Waals surface area contributed by atoms with Crippen LogP contribution in [-0.4, -0.2) is 43.3 Å². The van der Waals surface area contributed by atoms with Crippen LogP contribution in [0.15, 0.2) is 28.7 Å². The van der Waals surface area contributed by atoms with Gasteiger partial charge in [-0.15, -0.1) is 0 Å². The van der Waals surface area contributed by atoms with Gasteiger partial charge in [0.25, 0.3) is 0 Å². The fourth-order valence-electron chi connectivity index (χ4n) is 1.96. The molecule has 102 valence electrons. The Labute approximate surface area is 118 Å². The maximum absolute atomic E-state index is 9.84. The van der Waals surface area contributed by atoms with Crippen molar-refractivity contribution in [1.82, 2.24) is 10.2 Å². The van der Waals surface area contributed by atoms with Crippen LogP contribution in [0.1, 0.15) is 24.9 Å². The Morgan fingerprint density at radius 2 is 1.89 bits per heavy atom. The second-order valence-corrected chi connectivity index (χ2v) is 5.75. The minimum atomic E-state index is -0.329. The number of halogens is 1. The largest absolute Gasteiger partial charge is 0.390 e. The van der Waals surface area contributed by atoms with E-state index in [1.165, 1.54) is 5.56 Å². The molecule has 0 aliphatic rings. The van der Waals surface area contributed by atoms with Crippen LogP contribution in [0, 0.1) is 0 Å². The molecular weight excluding hydrogens is 292 g/mol. The standard InChI is InChI=1S/C14H23BrN2O/c1-4-14(11-5-7-12(15)8-6-11)16-9-13(18)10-17(2)3/h5-8,13-14,16,18H,4,9-10H2,1-3H3. The predicted octanol–water partition coefficient (Wildman–Crippen LogP) is 2.41. The Morgan fingerprint density at radius 1 is 1.28 bits per heavy atom. The highest BCUT2D eigenvalue weighted by atomic mass is 79.9. The minimum Gasteiger partial charge on any atom is -0.390 e. The number of nitrogens with one attached hydrogen (secondary N) is 1. The first-order valence-corrected chi connectivity index (χ1v) is 7.13. The number of hydrogen-bond donors (Lipinski definition) is 2. The molecule has 18 heavy (non-hydrogen) atoms. The molecule has 0 aliphatic carbocycles. The van der Waals surface area contributed by atoms with Gasteiger partial charge in [-0.1, -0.05) is 35.0 Å². The van der Waals surface area contributed by atoms with Crippen LogP contribution in [-0.2, 0) is 0 Å². The number of nitrogens with zero attached hydrogens (tertiary/aromatic N) is 1. The molecule has 2 N–H and O–H groups in total. The lowest BCUT2D eigenvalue weighted by atomic mass is 10.0. The summed E-state index contributed by atoms with van der Waals surface area (Å²) in [5.74, 6) is 0. The molecule has 0 aromatic heterocycles. The van der Waals surface area contributed by atoms with Crippen LogP contribution in [0.3, 0.4) is 0 Å². The number of rotatable bonds is 7. The summed E-state index contributed by atoms with van der Waals surface area (Å²) >= 11 is 3.44. The molecule has 0 radical (unpaired) electrons. The molecule has 0 heterocycles. The zero-order chi connectivity index (χ0) is 13.5. The Balaban J connectivity index is 2.49. The summed E-state index contributed by atoms with van der Waals surface area (Å²) in [7, 11) is 3.94. The number of benzene rings is 1. The highest BCUT2D eigenvalue weighted by Gasteiger charge is 2.11. The topological polar surface area (TPSA) is 35.5 Å². The molecule has 0 spiro atoms. The lowest BCUT2D eigenvalue weighted by Crippen LogP contribution is -2.36. The van der Waals surface area contributed by atoms with Crippen molar-refractivity contribution in [2.75, 3.05) is 27.2 Å². The van der Waals surface area contributed by atoms with Crippen LogP contribution < -0.4 is 5.32 Å². The van der Waals surface area contributed by atoms with Crippen molar-refractivity contribution >= 4 is 15.9 Å². The van der Waals surface area contributed by atoms with Crippen molar-refractivity contribution in [2.24, 2.45) is 0 Å². The van der Waals surface area contributed by atoms with E-state index in [-0.39, 0.29) is 6.10 Å². The SMILES string of the molecule is CCC(NCC(O)CN(C)C)c1ccc(Br)cc1. The van der Waals surface area contributed by atoms with E-state index < -0.39 is 0 Å². The third-order valence-electron chi connectivity index (χ3n) is 2.86. The minimum absolute atomic E-state index is 0.301. The summed E-state index contributed by atoms with van der Waals surface area (Å²) in [5.41, 5.74) is 1.26. The van der Waals surface area contributed by atoms with Crippen LogP contribution in [0.4, 0.5) is 0 Å². The number of likely N-dealkylation sites (N-methyl/N-ethyl adjacent to an activating group) is 1. The molecule has 0 saturated heterocycles. The first kappa shape index (κ1) is 15.6. The Bertz CT molecular complexity index is 340. The molecule has 1 aromatic carbocycles. The molecule has 4 heteroatoms. The summed E-state index contributed by atoms with van der Waals surface area (Å²) in [6.07, 6.45) is 0.681. The van der Waals surface area contributed by atoms with Gasteiger partial charge < -0.3 is 15.3 Å². The lowest BCUT2D eigenvalue weighted by molar-refractivity contribution is 0.131. The average Bonchev–Trinajstić information content (AvgIpc) is 2.31. The number of aliphatic hydroxyl groups is 1. The molecule has 0 fully saturated rings. The summed E-state index contributed by atoms with van der Waals surface area (Å²) in [6, 6.07) is 8.63. The summed E-state index contributed by atoms with van der Waals surface area (Å²) in [5, 5.41) is 13.3. The van der Waals surface area contributed by atoms with Gasteiger partial charge >= 0.3 is 0 Å². The molecule has 0 aliphatic heterocycles. The second-order valence-electron chi connectivity index (χ2n) is 4.84. The van der Waals surface area contributed by atoms with Crippen molar-refractivity contribution in [2.45, 2.75) is 25.5 Å². The molecule has 3 nitrogen and oxygen atoms in total. The van der Waals surface area contributed by atoms with Gasteiger partial charge in [-0.05, 0) is 38.2 Å². The third-order valence-corrected chi connectivity index (χ3v) is 3.39. The highest BCUT2D eigenvalue weighted by Crippen LogP contribution is 2.19. The van der Waals surface area contributed by atoms with Crippen LogP contribution in [0.5, 0.6) is 0 Å². The van der Waals surface area contributed by atoms with Crippen LogP contribution >= 0.6 is 15.9 Å². The summed E-state index contributed by atoms with van der Waals surface area (Å²) < 4.78 is 1.09. The van der Waals surface area contributed by atoms with Gasteiger partial charge in [-0.25, -0.2) is 0 Å². The lowest BCUT2D eigenvalue weighted by Gasteiger charge is -2.21. The number of aliphatic hydroxyl groups excluding tert-OH is 1. The van der Waals surface area contributed by atoms with E-state index in [1.54, 1.807) is 0 Å². The molecule has 0 bridgehead atoms. The molecule has 2 atom stereocenters. The molecule has 0 amide bonds. The van der Waals surface area contributed by atoms with Gasteiger partial charge in [0.15, 0.2) is 0 Å². The summed E-state index contributed by atoms with van der Waals surface area (Å²) in [4.78, 5) is 1.99. The monoisotopic (exact) mass is 314 g/mol. The van der Waals surface area contributed by atoms with Crippen molar-refractivity contribution in [3.8, 4) is 0 Å². The number of hydrogen-bond acceptors (Lipinski definition) is 3. The van der Waals surface area contributed by atoms with Gasteiger partial charge in [0.1, 0.15) is 0 Å². The van der Waals surface area contributed by atoms with E-state index in [0.29, 0.717) is 19.1 Å². The Hall–Kier alpha value is -0.420. The quantitative estimate of drug-likeness (QED) is 0.811.